The van der Waals surface area contributed by atoms with Gasteiger partial charge in [0.15, 0.2) is 0 Å². The van der Waals surface area contributed by atoms with Crippen molar-refractivity contribution in [1.82, 2.24) is 0 Å². The van der Waals surface area contributed by atoms with Crippen molar-refractivity contribution in [1.29, 1.82) is 0 Å². The Morgan fingerprint density at radius 2 is 2.00 bits per heavy atom. The molecular weight excluding hydrogens is 172 g/mol. The predicted molar refractivity (Wildman–Crippen MR) is 61.2 cm³/mol. The Kier molecular flexibility index (Phi) is 4.00. The monoisotopic (exact) mass is 198 g/mol. The molecule has 0 amide bonds. The van der Waals surface area contributed by atoms with Crippen molar-refractivity contribution in [2.24, 2.45) is 17.3 Å². The molecule has 0 radical (unpaired) electrons. The van der Waals surface area contributed by atoms with Crippen LogP contribution in [-0.4, -0.2) is 11.2 Å². The summed E-state index contributed by atoms with van der Waals surface area (Å²) in [5.74, 6) is 1.63. The van der Waals surface area contributed by atoms with Gasteiger partial charge in [-0.05, 0) is 49.9 Å². The lowest BCUT2D eigenvalue weighted by Crippen LogP contribution is -2.39. The van der Waals surface area contributed by atoms with Crippen LogP contribution in [0, 0.1) is 17.3 Å². The van der Waals surface area contributed by atoms with Crippen LogP contribution in [0.2, 0.25) is 0 Å². The van der Waals surface area contributed by atoms with Crippen molar-refractivity contribution >= 4 is 0 Å². The van der Waals surface area contributed by atoms with Crippen LogP contribution < -0.4 is 0 Å². The van der Waals surface area contributed by atoms with Gasteiger partial charge in [0.1, 0.15) is 0 Å². The minimum atomic E-state index is -0.127. The van der Waals surface area contributed by atoms with E-state index < -0.39 is 0 Å². The molecule has 0 heterocycles. The highest BCUT2D eigenvalue weighted by molar-refractivity contribution is 4.90. The Bertz CT molecular complexity index is 176. The minimum Gasteiger partial charge on any atom is -0.393 e. The molecule has 0 bridgehead atoms. The first-order valence-corrected chi connectivity index (χ1v) is 6.20. The summed E-state index contributed by atoms with van der Waals surface area (Å²) in [7, 11) is 0. The van der Waals surface area contributed by atoms with E-state index in [0.29, 0.717) is 0 Å². The first kappa shape index (κ1) is 12.0. The lowest BCUT2D eigenvalue weighted by atomic mass is 9.62. The fourth-order valence-corrected chi connectivity index (χ4v) is 3.06. The highest BCUT2D eigenvalue weighted by atomic mass is 16.3. The lowest BCUT2D eigenvalue weighted by molar-refractivity contribution is -0.0265. The maximum atomic E-state index is 9.96. The third-order valence-corrected chi connectivity index (χ3v) is 4.43. The van der Waals surface area contributed by atoms with Gasteiger partial charge in [0.2, 0.25) is 0 Å². The first-order chi connectivity index (χ1) is 6.52. The Morgan fingerprint density at radius 3 is 2.43 bits per heavy atom. The van der Waals surface area contributed by atoms with Crippen LogP contribution in [0.15, 0.2) is 0 Å². The summed E-state index contributed by atoms with van der Waals surface area (Å²) in [6.45, 7) is 8.91. The highest BCUT2D eigenvalue weighted by Crippen LogP contribution is 2.47. The zero-order chi connectivity index (χ0) is 10.8. The SMILES string of the molecule is CCC[C@]1([C@@H](C)O)CCC(C)C(C)C1. The van der Waals surface area contributed by atoms with Crippen LogP contribution in [0.5, 0.6) is 0 Å². The summed E-state index contributed by atoms with van der Waals surface area (Å²) in [6.07, 6.45) is 6.01. The lowest BCUT2D eigenvalue weighted by Gasteiger charge is -2.45. The fourth-order valence-electron chi connectivity index (χ4n) is 3.06. The van der Waals surface area contributed by atoms with Crippen molar-refractivity contribution in [3.8, 4) is 0 Å². The van der Waals surface area contributed by atoms with Crippen molar-refractivity contribution in [3.63, 3.8) is 0 Å². The largest absolute Gasteiger partial charge is 0.393 e. The maximum Gasteiger partial charge on any atom is 0.0568 e. The molecule has 0 spiro atoms. The molecule has 0 aromatic carbocycles. The second kappa shape index (κ2) is 4.65. The molecule has 1 aliphatic carbocycles. The van der Waals surface area contributed by atoms with E-state index in [2.05, 4.69) is 20.8 Å². The summed E-state index contributed by atoms with van der Waals surface area (Å²) in [4.78, 5) is 0. The van der Waals surface area contributed by atoms with E-state index in [-0.39, 0.29) is 11.5 Å². The topological polar surface area (TPSA) is 20.2 Å². The predicted octanol–water partition coefficient (Wildman–Crippen LogP) is 3.61. The molecule has 2 unspecified atom stereocenters. The van der Waals surface area contributed by atoms with Gasteiger partial charge >= 0.3 is 0 Å². The van der Waals surface area contributed by atoms with Crippen molar-refractivity contribution < 1.29 is 5.11 Å². The Balaban J connectivity index is 2.69. The highest BCUT2D eigenvalue weighted by Gasteiger charge is 2.40. The zero-order valence-corrected chi connectivity index (χ0v) is 10.2. The van der Waals surface area contributed by atoms with Gasteiger partial charge in [-0.15, -0.1) is 0 Å². The molecule has 0 aliphatic heterocycles. The number of hydrogen-bond acceptors (Lipinski definition) is 1. The fraction of sp³-hybridized carbons (Fsp3) is 1.00. The van der Waals surface area contributed by atoms with Gasteiger partial charge in [0, 0.05) is 0 Å². The third-order valence-electron chi connectivity index (χ3n) is 4.43. The maximum absolute atomic E-state index is 9.96. The van der Waals surface area contributed by atoms with Gasteiger partial charge in [-0.3, -0.25) is 0 Å². The normalized spacial score (nSPS) is 40.9. The average Bonchev–Trinajstić information content (AvgIpc) is 2.12. The second-order valence-corrected chi connectivity index (χ2v) is 5.49. The summed E-state index contributed by atoms with van der Waals surface area (Å²) in [6, 6.07) is 0. The molecule has 0 aromatic heterocycles. The van der Waals surface area contributed by atoms with E-state index >= 15 is 0 Å². The van der Waals surface area contributed by atoms with Gasteiger partial charge in [0.05, 0.1) is 6.10 Å². The molecule has 1 fully saturated rings. The standard InChI is InChI=1S/C13H26O/c1-5-7-13(12(4)14)8-6-10(2)11(3)9-13/h10-12,14H,5-9H2,1-4H3/t10?,11?,12-,13+/m1/s1. The molecule has 1 heteroatoms. The Labute approximate surface area is 88.9 Å². The van der Waals surface area contributed by atoms with E-state index in [4.69, 9.17) is 0 Å². The van der Waals surface area contributed by atoms with Gasteiger partial charge in [-0.2, -0.15) is 0 Å². The Hall–Kier alpha value is -0.0400. The molecule has 1 N–H and O–H groups in total. The van der Waals surface area contributed by atoms with Crippen LogP contribution in [0.25, 0.3) is 0 Å². The number of aliphatic hydroxyl groups excluding tert-OH is 1. The van der Waals surface area contributed by atoms with Crippen molar-refractivity contribution in [2.75, 3.05) is 0 Å². The molecule has 1 saturated carbocycles. The van der Waals surface area contributed by atoms with E-state index in [1.165, 1.54) is 32.1 Å². The molecule has 0 saturated heterocycles. The molecule has 1 rings (SSSR count). The average molecular weight is 198 g/mol. The molecule has 4 atom stereocenters. The van der Waals surface area contributed by atoms with Crippen molar-refractivity contribution in [2.45, 2.75) is 65.9 Å². The quantitative estimate of drug-likeness (QED) is 0.734. The summed E-state index contributed by atoms with van der Waals surface area (Å²) in [5.41, 5.74) is 0.237. The summed E-state index contributed by atoms with van der Waals surface area (Å²) < 4.78 is 0. The summed E-state index contributed by atoms with van der Waals surface area (Å²) >= 11 is 0. The molecular formula is C13H26O. The van der Waals surface area contributed by atoms with E-state index in [1.54, 1.807) is 0 Å². The molecule has 84 valence electrons. The van der Waals surface area contributed by atoms with E-state index in [1.807, 2.05) is 6.92 Å². The van der Waals surface area contributed by atoms with Crippen molar-refractivity contribution in [3.05, 3.63) is 0 Å². The summed E-state index contributed by atoms with van der Waals surface area (Å²) in [5, 5.41) is 9.96. The van der Waals surface area contributed by atoms with Crippen LogP contribution >= 0.6 is 0 Å². The number of rotatable bonds is 3. The number of hydrogen-bond donors (Lipinski definition) is 1. The van der Waals surface area contributed by atoms with Crippen LogP contribution in [0.1, 0.15) is 59.8 Å². The smallest absolute Gasteiger partial charge is 0.0568 e. The number of aliphatic hydroxyl groups is 1. The minimum absolute atomic E-state index is 0.127. The molecule has 1 nitrogen and oxygen atoms in total. The van der Waals surface area contributed by atoms with Gasteiger partial charge < -0.3 is 5.11 Å². The van der Waals surface area contributed by atoms with E-state index in [9.17, 15) is 5.11 Å². The van der Waals surface area contributed by atoms with Gasteiger partial charge in [-0.1, -0.05) is 27.2 Å². The first-order valence-electron chi connectivity index (χ1n) is 6.20. The second-order valence-electron chi connectivity index (χ2n) is 5.49. The third kappa shape index (κ3) is 2.31. The Morgan fingerprint density at radius 1 is 1.36 bits per heavy atom. The molecule has 0 aromatic rings. The van der Waals surface area contributed by atoms with Gasteiger partial charge in [-0.25, -0.2) is 0 Å². The van der Waals surface area contributed by atoms with Crippen LogP contribution in [-0.2, 0) is 0 Å². The molecule has 14 heavy (non-hydrogen) atoms. The van der Waals surface area contributed by atoms with Gasteiger partial charge in [0.25, 0.3) is 0 Å². The van der Waals surface area contributed by atoms with Crippen LogP contribution in [0.3, 0.4) is 0 Å². The molecule has 1 aliphatic rings. The van der Waals surface area contributed by atoms with Crippen LogP contribution in [0.4, 0.5) is 0 Å². The van der Waals surface area contributed by atoms with E-state index in [0.717, 1.165) is 11.8 Å². The zero-order valence-electron chi connectivity index (χ0n) is 10.2.